The number of Topliss-reactive ketones (excluding diaryl/α,β-unsaturated/α-hetero) is 1. The van der Waals surface area contributed by atoms with Crippen LogP contribution in [-0.4, -0.2) is 30.3 Å². The first-order valence-corrected chi connectivity index (χ1v) is 5.90. The summed E-state index contributed by atoms with van der Waals surface area (Å²) in [5.41, 5.74) is 0. The van der Waals surface area contributed by atoms with Gasteiger partial charge in [0.1, 0.15) is 5.78 Å². The van der Waals surface area contributed by atoms with E-state index in [4.69, 9.17) is 5.26 Å². The molecule has 1 atom stereocenters. The first kappa shape index (κ1) is 12.2. The summed E-state index contributed by atoms with van der Waals surface area (Å²) in [5.74, 6) is 0.695. The van der Waals surface area contributed by atoms with Gasteiger partial charge in [-0.3, -0.25) is 4.79 Å². The van der Waals surface area contributed by atoms with E-state index < -0.39 is 0 Å². The lowest BCUT2D eigenvalue weighted by Crippen LogP contribution is -2.40. The zero-order valence-corrected chi connectivity index (χ0v) is 9.54. The molecule has 84 valence electrons. The van der Waals surface area contributed by atoms with Gasteiger partial charge in [-0.25, -0.2) is 0 Å². The second-order valence-corrected chi connectivity index (χ2v) is 4.24. The molecular formula is C12H20N2O. The summed E-state index contributed by atoms with van der Waals surface area (Å²) < 4.78 is 0. The summed E-state index contributed by atoms with van der Waals surface area (Å²) in [6, 6.07) is 2.16. The molecule has 0 amide bonds. The number of piperidine rings is 1. The molecule has 1 saturated heterocycles. The Morgan fingerprint density at radius 2 is 2.33 bits per heavy atom. The summed E-state index contributed by atoms with van der Waals surface area (Å²) in [7, 11) is 0. The Morgan fingerprint density at radius 3 is 3.00 bits per heavy atom. The topological polar surface area (TPSA) is 44.1 Å². The van der Waals surface area contributed by atoms with Gasteiger partial charge in [0.25, 0.3) is 0 Å². The Bertz CT molecular complexity index is 244. The van der Waals surface area contributed by atoms with Crippen molar-refractivity contribution >= 4 is 5.78 Å². The lowest BCUT2D eigenvalue weighted by atomic mass is 9.94. The maximum absolute atomic E-state index is 11.5. The Balaban J connectivity index is 2.20. The van der Waals surface area contributed by atoms with Gasteiger partial charge >= 0.3 is 0 Å². The van der Waals surface area contributed by atoms with Crippen LogP contribution >= 0.6 is 0 Å². The molecule has 0 saturated carbocycles. The smallest absolute Gasteiger partial charge is 0.138 e. The summed E-state index contributed by atoms with van der Waals surface area (Å²) in [6.07, 6.45) is 4.41. The van der Waals surface area contributed by atoms with Crippen molar-refractivity contribution in [2.75, 3.05) is 19.6 Å². The molecular weight excluding hydrogens is 188 g/mol. The van der Waals surface area contributed by atoms with Crippen LogP contribution in [0, 0.1) is 17.2 Å². The monoisotopic (exact) mass is 208 g/mol. The average Bonchev–Trinajstić information content (AvgIpc) is 2.26. The number of rotatable bonds is 5. The molecule has 1 aliphatic rings. The fourth-order valence-electron chi connectivity index (χ4n) is 2.08. The molecule has 0 aromatic rings. The van der Waals surface area contributed by atoms with Crippen molar-refractivity contribution < 1.29 is 4.79 Å². The third kappa shape index (κ3) is 4.01. The second-order valence-electron chi connectivity index (χ2n) is 4.24. The van der Waals surface area contributed by atoms with E-state index in [-0.39, 0.29) is 5.92 Å². The largest absolute Gasteiger partial charge is 0.302 e. The van der Waals surface area contributed by atoms with E-state index in [1.807, 2.05) is 0 Å². The predicted molar refractivity (Wildman–Crippen MR) is 59.3 cm³/mol. The van der Waals surface area contributed by atoms with E-state index in [9.17, 15) is 4.79 Å². The third-order valence-electron chi connectivity index (χ3n) is 3.11. The fourth-order valence-corrected chi connectivity index (χ4v) is 2.08. The second kappa shape index (κ2) is 6.58. The lowest BCUT2D eigenvalue weighted by molar-refractivity contribution is -0.126. The van der Waals surface area contributed by atoms with Crippen molar-refractivity contribution in [3.63, 3.8) is 0 Å². The Kier molecular flexibility index (Phi) is 5.34. The minimum atomic E-state index is 0.259. The quantitative estimate of drug-likeness (QED) is 0.649. The first-order valence-electron chi connectivity index (χ1n) is 5.90. The Hall–Kier alpha value is -0.880. The fraction of sp³-hybridized carbons (Fsp3) is 0.833. The van der Waals surface area contributed by atoms with Gasteiger partial charge in [0.15, 0.2) is 0 Å². The molecule has 1 aliphatic heterocycles. The van der Waals surface area contributed by atoms with Crippen molar-refractivity contribution in [3.05, 3.63) is 0 Å². The number of ketones is 1. The minimum absolute atomic E-state index is 0.259. The van der Waals surface area contributed by atoms with Crippen molar-refractivity contribution in [1.82, 2.24) is 4.90 Å². The van der Waals surface area contributed by atoms with E-state index >= 15 is 0 Å². The van der Waals surface area contributed by atoms with Crippen molar-refractivity contribution in [2.45, 2.75) is 39.0 Å². The molecule has 3 nitrogen and oxygen atoms in total. The highest BCUT2D eigenvalue weighted by Gasteiger charge is 2.24. The maximum Gasteiger partial charge on any atom is 0.138 e. The van der Waals surface area contributed by atoms with Crippen LogP contribution in [0.4, 0.5) is 0 Å². The van der Waals surface area contributed by atoms with Gasteiger partial charge in [-0.15, -0.1) is 0 Å². The summed E-state index contributed by atoms with van der Waals surface area (Å²) in [6.45, 7) is 4.98. The summed E-state index contributed by atoms with van der Waals surface area (Å²) in [4.78, 5) is 13.8. The molecule has 1 heterocycles. The molecule has 1 rings (SSSR count). The van der Waals surface area contributed by atoms with Crippen LogP contribution in [0.5, 0.6) is 0 Å². The van der Waals surface area contributed by atoms with Gasteiger partial charge in [-0.05, 0) is 25.8 Å². The van der Waals surface area contributed by atoms with Crippen LogP contribution in [0.1, 0.15) is 39.0 Å². The van der Waals surface area contributed by atoms with Crippen LogP contribution in [0.25, 0.3) is 0 Å². The van der Waals surface area contributed by atoms with E-state index in [2.05, 4.69) is 17.9 Å². The lowest BCUT2D eigenvalue weighted by Gasteiger charge is -2.31. The van der Waals surface area contributed by atoms with Gasteiger partial charge in [-0.2, -0.15) is 5.26 Å². The predicted octanol–water partition coefficient (Wildman–Crippen LogP) is 1.98. The molecule has 0 bridgehead atoms. The number of unbranched alkanes of at least 4 members (excludes halogenated alkanes) is 2. The first-order chi connectivity index (χ1) is 7.27. The van der Waals surface area contributed by atoms with Crippen LogP contribution in [0.3, 0.4) is 0 Å². The molecule has 0 aromatic carbocycles. The number of nitrogens with zero attached hydrogens (tertiary/aromatic N) is 2. The number of hydrogen-bond acceptors (Lipinski definition) is 3. The van der Waals surface area contributed by atoms with Gasteiger partial charge < -0.3 is 4.90 Å². The van der Waals surface area contributed by atoms with Gasteiger partial charge in [0, 0.05) is 31.8 Å². The molecule has 0 spiro atoms. The maximum atomic E-state index is 11.5. The van der Waals surface area contributed by atoms with E-state index in [0.717, 1.165) is 45.3 Å². The number of carbonyl (C=O) groups is 1. The van der Waals surface area contributed by atoms with Gasteiger partial charge in [0.05, 0.1) is 6.07 Å². The summed E-state index contributed by atoms with van der Waals surface area (Å²) in [5, 5.41) is 8.41. The molecule has 15 heavy (non-hydrogen) atoms. The average molecular weight is 208 g/mol. The molecule has 0 radical (unpaired) electrons. The molecule has 0 N–H and O–H groups in total. The molecule has 3 heteroatoms. The standard InChI is InChI=1S/C12H20N2O/c1-2-11-10-14(9-6-12(11)15)8-5-3-4-7-13/h11H,2-6,8-10H2,1H3. The summed E-state index contributed by atoms with van der Waals surface area (Å²) >= 11 is 0. The van der Waals surface area contributed by atoms with Crippen molar-refractivity contribution in [3.8, 4) is 6.07 Å². The van der Waals surface area contributed by atoms with Gasteiger partial charge in [-0.1, -0.05) is 6.92 Å². The zero-order chi connectivity index (χ0) is 11.1. The molecule has 1 unspecified atom stereocenters. The van der Waals surface area contributed by atoms with Crippen LogP contribution in [-0.2, 0) is 4.79 Å². The minimum Gasteiger partial charge on any atom is -0.302 e. The van der Waals surface area contributed by atoms with Crippen LogP contribution in [0.2, 0.25) is 0 Å². The van der Waals surface area contributed by atoms with Crippen LogP contribution < -0.4 is 0 Å². The number of carbonyl (C=O) groups excluding carboxylic acids is 1. The number of nitriles is 1. The Morgan fingerprint density at radius 1 is 1.53 bits per heavy atom. The van der Waals surface area contributed by atoms with Crippen LogP contribution in [0.15, 0.2) is 0 Å². The number of hydrogen-bond donors (Lipinski definition) is 0. The zero-order valence-electron chi connectivity index (χ0n) is 9.54. The molecule has 0 aliphatic carbocycles. The van der Waals surface area contributed by atoms with Crippen molar-refractivity contribution in [1.29, 1.82) is 5.26 Å². The normalized spacial score (nSPS) is 22.7. The highest BCUT2D eigenvalue weighted by atomic mass is 16.1. The Labute approximate surface area is 92.1 Å². The molecule has 0 aromatic heterocycles. The highest BCUT2D eigenvalue weighted by molar-refractivity contribution is 5.82. The van der Waals surface area contributed by atoms with E-state index in [0.29, 0.717) is 12.2 Å². The van der Waals surface area contributed by atoms with Gasteiger partial charge in [0.2, 0.25) is 0 Å². The highest BCUT2D eigenvalue weighted by Crippen LogP contribution is 2.16. The number of likely N-dealkylation sites (tertiary alicyclic amines) is 1. The van der Waals surface area contributed by atoms with Crippen molar-refractivity contribution in [2.24, 2.45) is 5.92 Å². The van der Waals surface area contributed by atoms with E-state index in [1.54, 1.807) is 0 Å². The third-order valence-corrected chi connectivity index (χ3v) is 3.11. The van der Waals surface area contributed by atoms with E-state index in [1.165, 1.54) is 0 Å². The molecule has 1 fully saturated rings. The SMILES string of the molecule is CCC1CN(CCCCC#N)CCC1=O.